The van der Waals surface area contributed by atoms with Crippen LogP contribution in [0.5, 0.6) is 11.5 Å². The summed E-state index contributed by atoms with van der Waals surface area (Å²) in [5.41, 5.74) is 8.18. The standard InChI is InChI=1S/C13H12N2O2S/c1-16-10-4-3-8(5-11(10)17-2)9-7-18-12(6-14)13(9)15/h3-5,7H,15H2,1-2H3. The van der Waals surface area contributed by atoms with Crippen molar-refractivity contribution in [1.82, 2.24) is 0 Å². The van der Waals surface area contributed by atoms with Gasteiger partial charge in [-0.2, -0.15) is 5.26 Å². The Morgan fingerprint density at radius 3 is 2.50 bits per heavy atom. The van der Waals surface area contributed by atoms with E-state index in [0.717, 1.165) is 11.1 Å². The number of benzene rings is 1. The minimum atomic E-state index is 0.509. The van der Waals surface area contributed by atoms with Crippen LogP contribution in [0.3, 0.4) is 0 Å². The molecular weight excluding hydrogens is 248 g/mol. The van der Waals surface area contributed by atoms with Gasteiger partial charge in [-0.05, 0) is 17.7 Å². The highest BCUT2D eigenvalue weighted by Crippen LogP contribution is 2.37. The normalized spacial score (nSPS) is 9.83. The van der Waals surface area contributed by atoms with Gasteiger partial charge in [0.15, 0.2) is 11.5 Å². The summed E-state index contributed by atoms with van der Waals surface area (Å²) in [4.78, 5) is 0.528. The van der Waals surface area contributed by atoms with E-state index in [9.17, 15) is 0 Å². The molecule has 1 heterocycles. The highest BCUT2D eigenvalue weighted by Gasteiger charge is 2.12. The number of nitrogens with zero attached hydrogens (tertiary/aromatic N) is 1. The predicted octanol–water partition coefficient (Wildman–Crippen LogP) is 2.89. The van der Waals surface area contributed by atoms with E-state index in [4.69, 9.17) is 20.5 Å². The van der Waals surface area contributed by atoms with E-state index >= 15 is 0 Å². The number of nitrogen functional groups attached to an aromatic ring is 1. The van der Waals surface area contributed by atoms with Crippen molar-refractivity contribution >= 4 is 17.0 Å². The highest BCUT2D eigenvalue weighted by molar-refractivity contribution is 7.11. The molecular formula is C13H12N2O2S. The van der Waals surface area contributed by atoms with Gasteiger partial charge in [0.25, 0.3) is 0 Å². The zero-order valence-electron chi connectivity index (χ0n) is 10.1. The summed E-state index contributed by atoms with van der Waals surface area (Å²) >= 11 is 1.34. The predicted molar refractivity (Wildman–Crippen MR) is 72.0 cm³/mol. The summed E-state index contributed by atoms with van der Waals surface area (Å²) in [7, 11) is 3.17. The molecule has 0 aliphatic heterocycles. The van der Waals surface area contributed by atoms with Crippen molar-refractivity contribution in [1.29, 1.82) is 5.26 Å². The Morgan fingerprint density at radius 2 is 1.94 bits per heavy atom. The summed E-state index contributed by atoms with van der Waals surface area (Å²) in [6.45, 7) is 0. The summed E-state index contributed by atoms with van der Waals surface area (Å²) in [5.74, 6) is 1.30. The largest absolute Gasteiger partial charge is 0.493 e. The van der Waals surface area contributed by atoms with Gasteiger partial charge in [0, 0.05) is 10.9 Å². The fourth-order valence-corrected chi connectivity index (χ4v) is 2.47. The van der Waals surface area contributed by atoms with Crippen molar-refractivity contribution in [2.75, 3.05) is 20.0 Å². The highest BCUT2D eigenvalue weighted by atomic mass is 32.1. The van der Waals surface area contributed by atoms with E-state index in [2.05, 4.69) is 6.07 Å². The molecule has 0 amide bonds. The minimum Gasteiger partial charge on any atom is -0.493 e. The lowest BCUT2D eigenvalue weighted by molar-refractivity contribution is 0.355. The smallest absolute Gasteiger partial charge is 0.161 e. The average Bonchev–Trinajstić information content (AvgIpc) is 2.79. The molecule has 0 aliphatic rings. The molecule has 1 aromatic carbocycles. The van der Waals surface area contributed by atoms with Gasteiger partial charge in [-0.3, -0.25) is 0 Å². The Labute approximate surface area is 109 Å². The lowest BCUT2D eigenvalue weighted by atomic mass is 10.1. The zero-order chi connectivity index (χ0) is 13.1. The summed E-state index contributed by atoms with van der Waals surface area (Å²) in [6.07, 6.45) is 0. The molecule has 1 aromatic heterocycles. The van der Waals surface area contributed by atoms with Gasteiger partial charge >= 0.3 is 0 Å². The Kier molecular flexibility index (Phi) is 3.40. The van der Waals surface area contributed by atoms with Crippen molar-refractivity contribution in [2.45, 2.75) is 0 Å². The monoisotopic (exact) mass is 260 g/mol. The van der Waals surface area contributed by atoms with Gasteiger partial charge < -0.3 is 15.2 Å². The van der Waals surface area contributed by atoms with Crippen LogP contribution in [0.2, 0.25) is 0 Å². The quantitative estimate of drug-likeness (QED) is 0.921. The van der Waals surface area contributed by atoms with Crippen LogP contribution in [0.15, 0.2) is 23.6 Å². The van der Waals surface area contributed by atoms with Crippen molar-refractivity contribution in [3.05, 3.63) is 28.5 Å². The van der Waals surface area contributed by atoms with E-state index in [1.807, 2.05) is 23.6 Å². The third-order valence-electron chi connectivity index (χ3n) is 2.63. The van der Waals surface area contributed by atoms with Crippen LogP contribution in [0.4, 0.5) is 5.69 Å². The van der Waals surface area contributed by atoms with Crippen molar-refractivity contribution < 1.29 is 9.47 Å². The van der Waals surface area contributed by atoms with Crippen LogP contribution in [0.25, 0.3) is 11.1 Å². The van der Waals surface area contributed by atoms with E-state index in [-0.39, 0.29) is 0 Å². The van der Waals surface area contributed by atoms with Crippen molar-refractivity contribution in [3.63, 3.8) is 0 Å². The van der Waals surface area contributed by atoms with Crippen LogP contribution in [0.1, 0.15) is 4.88 Å². The first-order valence-electron chi connectivity index (χ1n) is 5.20. The van der Waals surface area contributed by atoms with Gasteiger partial charge in [-0.15, -0.1) is 11.3 Å². The van der Waals surface area contributed by atoms with Crippen LogP contribution in [0, 0.1) is 11.3 Å². The molecule has 0 unspecified atom stereocenters. The number of anilines is 1. The molecule has 18 heavy (non-hydrogen) atoms. The third-order valence-corrected chi connectivity index (χ3v) is 3.53. The molecule has 4 nitrogen and oxygen atoms in total. The van der Waals surface area contributed by atoms with E-state index in [0.29, 0.717) is 22.1 Å². The SMILES string of the molecule is COc1ccc(-c2csc(C#N)c2N)cc1OC. The molecule has 0 spiro atoms. The van der Waals surface area contributed by atoms with Crippen LogP contribution >= 0.6 is 11.3 Å². The molecule has 5 heteroatoms. The second-order valence-electron chi connectivity index (χ2n) is 3.57. The molecule has 0 saturated carbocycles. The van der Waals surface area contributed by atoms with Crippen LogP contribution in [-0.4, -0.2) is 14.2 Å². The maximum atomic E-state index is 8.90. The number of hydrogen-bond donors (Lipinski definition) is 1. The number of methoxy groups -OCH3 is 2. The maximum Gasteiger partial charge on any atom is 0.161 e. The molecule has 2 rings (SSSR count). The van der Waals surface area contributed by atoms with E-state index in [1.54, 1.807) is 14.2 Å². The van der Waals surface area contributed by atoms with Crippen LogP contribution in [-0.2, 0) is 0 Å². The number of ether oxygens (including phenoxy) is 2. The number of nitriles is 1. The van der Waals surface area contributed by atoms with Gasteiger partial charge in [0.1, 0.15) is 10.9 Å². The molecule has 0 atom stereocenters. The lowest BCUT2D eigenvalue weighted by Crippen LogP contribution is -1.92. The lowest BCUT2D eigenvalue weighted by Gasteiger charge is -2.09. The topological polar surface area (TPSA) is 68.3 Å². The molecule has 92 valence electrons. The van der Waals surface area contributed by atoms with Crippen LogP contribution < -0.4 is 15.2 Å². The van der Waals surface area contributed by atoms with E-state index in [1.165, 1.54) is 11.3 Å². The number of thiophene rings is 1. The summed E-state index contributed by atoms with van der Waals surface area (Å²) < 4.78 is 10.4. The molecule has 2 aromatic rings. The molecule has 0 radical (unpaired) electrons. The van der Waals surface area contributed by atoms with Gasteiger partial charge in [0.2, 0.25) is 0 Å². The minimum absolute atomic E-state index is 0.509. The fourth-order valence-electron chi connectivity index (χ4n) is 1.68. The summed E-state index contributed by atoms with van der Waals surface area (Å²) in [5, 5.41) is 10.8. The van der Waals surface area contributed by atoms with E-state index < -0.39 is 0 Å². The van der Waals surface area contributed by atoms with Gasteiger partial charge in [-0.25, -0.2) is 0 Å². The molecule has 0 aliphatic carbocycles. The van der Waals surface area contributed by atoms with Gasteiger partial charge in [-0.1, -0.05) is 6.07 Å². The maximum absolute atomic E-state index is 8.90. The Bertz CT molecular complexity index is 614. The molecule has 0 bridgehead atoms. The summed E-state index contributed by atoms with van der Waals surface area (Å²) in [6, 6.07) is 7.63. The zero-order valence-corrected chi connectivity index (χ0v) is 10.9. The van der Waals surface area contributed by atoms with Gasteiger partial charge in [0.05, 0.1) is 19.9 Å². The first-order chi connectivity index (χ1) is 8.71. The Hall–Kier alpha value is -2.19. The fraction of sp³-hybridized carbons (Fsp3) is 0.154. The van der Waals surface area contributed by atoms with Crippen molar-refractivity contribution in [2.24, 2.45) is 0 Å². The second-order valence-corrected chi connectivity index (χ2v) is 4.45. The molecule has 2 N–H and O–H groups in total. The molecule has 0 saturated heterocycles. The number of nitrogens with two attached hydrogens (primary N) is 1. The first-order valence-corrected chi connectivity index (χ1v) is 6.08. The Balaban J connectivity index is 2.51. The third kappa shape index (κ3) is 1.98. The first kappa shape index (κ1) is 12.3. The number of hydrogen-bond acceptors (Lipinski definition) is 5. The Morgan fingerprint density at radius 1 is 1.22 bits per heavy atom. The molecule has 0 fully saturated rings. The van der Waals surface area contributed by atoms with Crippen molar-refractivity contribution in [3.8, 4) is 28.7 Å². The number of rotatable bonds is 3. The second kappa shape index (κ2) is 4.98. The average molecular weight is 260 g/mol.